The molecule has 3 heteroatoms. The van der Waals surface area contributed by atoms with Crippen molar-refractivity contribution in [3.63, 3.8) is 0 Å². The van der Waals surface area contributed by atoms with Crippen molar-refractivity contribution < 1.29 is 9.84 Å². The molecule has 1 unspecified atom stereocenters. The third-order valence-electron chi connectivity index (χ3n) is 3.16. The lowest BCUT2D eigenvalue weighted by Crippen LogP contribution is -2.18. The maximum absolute atomic E-state index is 9.48. The van der Waals surface area contributed by atoms with E-state index < -0.39 is 0 Å². The predicted molar refractivity (Wildman–Crippen MR) is 76.4 cm³/mol. The third-order valence-corrected chi connectivity index (χ3v) is 3.16. The van der Waals surface area contributed by atoms with E-state index in [0.29, 0.717) is 5.75 Å². The predicted octanol–water partition coefficient (Wildman–Crippen LogP) is 3.25. The quantitative estimate of drug-likeness (QED) is 0.864. The molecule has 0 bridgehead atoms. The van der Waals surface area contributed by atoms with Gasteiger partial charge in [0.1, 0.15) is 11.5 Å². The van der Waals surface area contributed by atoms with E-state index >= 15 is 0 Å². The zero-order valence-corrected chi connectivity index (χ0v) is 11.3. The fourth-order valence-corrected chi connectivity index (χ4v) is 2.02. The Hall–Kier alpha value is -2.00. The molecule has 0 radical (unpaired) electrons. The Morgan fingerprint density at radius 2 is 1.95 bits per heavy atom. The second-order valence-corrected chi connectivity index (χ2v) is 4.51. The zero-order valence-electron chi connectivity index (χ0n) is 11.3. The van der Waals surface area contributed by atoms with Crippen molar-refractivity contribution in [3.05, 3.63) is 59.7 Å². The maximum atomic E-state index is 9.48. The number of aromatic hydroxyl groups is 1. The number of para-hydroxylation sites is 1. The fraction of sp³-hybridized carbons (Fsp3) is 0.250. The van der Waals surface area contributed by atoms with Crippen LogP contribution in [0.25, 0.3) is 0 Å². The lowest BCUT2D eigenvalue weighted by Gasteiger charge is -2.16. The number of methoxy groups -OCH3 is 1. The van der Waals surface area contributed by atoms with Gasteiger partial charge in [0.25, 0.3) is 0 Å². The van der Waals surface area contributed by atoms with Crippen LogP contribution in [0, 0.1) is 0 Å². The minimum Gasteiger partial charge on any atom is -0.508 e. The van der Waals surface area contributed by atoms with Crippen molar-refractivity contribution in [2.75, 3.05) is 7.11 Å². The summed E-state index contributed by atoms with van der Waals surface area (Å²) in [5.41, 5.74) is 2.19. The van der Waals surface area contributed by atoms with Gasteiger partial charge in [-0.3, -0.25) is 0 Å². The molecule has 1 atom stereocenters. The lowest BCUT2D eigenvalue weighted by molar-refractivity contribution is 0.406. The number of rotatable bonds is 5. The second kappa shape index (κ2) is 6.25. The van der Waals surface area contributed by atoms with E-state index in [1.807, 2.05) is 36.4 Å². The number of hydrogen-bond donors (Lipinski definition) is 2. The summed E-state index contributed by atoms with van der Waals surface area (Å²) in [6.07, 6.45) is 0. The van der Waals surface area contributed by atoms with Crippen LogP contribution in [0.3, 0.4) is 0 Å². The highest BCUT2D eigenvalue weighted by molar-refractivity contribution is 5.33. The van der Waals surface area contributed by atoms with Gasteiger partial charge in [0.15, 0.2) is 0 Å². The molecule has 2 aromatic carbocycles. The standard InChI is InChI=1S/C16H19NO2/c1-12(13-7-5-8-15(18)10-13)17-11-14-6-3-4-9-16(14)19-2/h3-10,12,17-18H,11H2,1-2H3. The van der Waals surface area contributed by atoms with Crippen LogP contribution in [0.4, 0.5) is 0 Å². The first-order valence-electron chi connectivity index (χ1n) is 6.35. The molecule has 100 valence electrons. The molecule has 2 rings (SSSR count). The summed E-state index contributed by atoms with van der Waals surface area (Å²) in [4.78, 5) is 0. The van der Waals surface area contributed by atoms with Crippen LogP contribution in [0.15, 0.2) is 48.5 Å². The van der Waals surface area contributed by atoms with Crippen molar-refractivity contribution >= 4 is 0 Å². The maximum Gasteiger partial charge on any atom is 0.123 e. The summed E-state index contributed by atoms with van der Waals surface area (Å²) in [5, 5.41) is 12.9. The summed E-state index contributed by atoms with van der Waals surface area (Å²) >= 11 is 0. The third kappa shape index (κ3) is 3.48. The fourth-order valence-electron chi connectivity index (χ4n) is 2.02. The molecule has 3 nitrogen and oxygen atoms in total. The number of ether oxygens (including phenoxy) is 1. The van der Waals surface area contributed by atoms with Gasteiger partial charge in [-0.15, -0.1) is 0 Å². The molecule has 0 heterocycles. The molecule has 0 aliphatic carbocycles. The summed E-state index contributed by atoms with van der Waals surface area (Å²) < 4.78 is 5.32. The number of hydrogen-bond acceptors (Lipinski definition) is 3. The van der Waals surface area contributed by atoms with E-state index in [9.17, 15) is 5.11 Å². The molecule has 19 heavy (non-hydrogen) atoms. The van der Waals surface area contributed by atoms with Gasteiger partial charge in [0.05, 0.1) is 7.11 Å². The first kappa shape index (κ1) is 13.4. The number of nitrogens with one attached hydrogen (secondary N) is 1. The molecule has 0 aliphatic rings. The average molecular weight is 257 g/mol. The lowest BCUT2D eigenvalue weighted by atomic mass is 10.1. The Labute approximate surface area is 113 Å². The van der Waals surface area contributed by atoms with Crippen LogP contribution < -0.4 is 10.1 Å². The van der Waals surface area contributed by atoms with Crippen molar-refractivity contribution in [1.82, 2.24) is 5.32 Å². The van der Waals surface area contributed by atoms with Gasteiger partial charge in [-0.25, -0.2) is 0 Å². The minimum absolute atomic E-state index is 0.164. The summed E-state index contributed by atoms with van der Waals surface area (Å²) in [6, 6.07) is 15.4. The van der Waals surface area contributed by atoms with E-state index in [-0.39, 0.29) is 6.04 Å². The zero-order chi connectivity index (χ0) is 13.7. The number of benzene rings is 2. The monoisotopic (exact) mass is 257 g/mol. The molecule has 0 aliphatic heterocycles. The van der Waals surface area contributed by atoms with Gasteiger partial charge < -0.3 is 15.2 Å². The normalized spacial score (nSPS) is 12.1. The van der Waals surface area contributed by atoms with Gasteiger partial charge in [0.2, 0.25) is 0 Å². The molecule has 0 fully saturated rings. The topological polar surface area (TPSA) is 41.5 Å². The first-order valence-corrected chi connectivity index (χ1v) is 6.35. The van der Waals surface area contributed by atoms with Crippen LogP contribution in [0.1, 0.15) is 24.1 Å². The first-order chi connectivity index (χ1) is 9.20. The minimum atomic E-state index is 0.164. The highest BCUT2D eigenvalue weighted by Crippen LogP contribution is 2.21. The van der Waals surface area contributed by atoms with E-state index in [2.05, 4.69) is 12.2 Å². The molecule has 0 saturated carbocycles. The Kier molecular flexibility index (Phi) is 4.42. The van der Waals surface area contributed by atoms with Crippen LogP contribution >= 0.6 is 0 Å². The largest absolute Gasteiger partial charge is 0.508 e. The molecular weight excluding hydrogens is 238 g/mol. The van der Waals surface area contributed by atoms with E-state index in [4.69, 9.17) is 4.74 Å². The van der Waals surface area contributed by atoms with E-state index in [1.165, 1.54) is 0 Å². The average Bonchev–Trinajstić information content (AvgIpc) is 2.45. The SMILES string of the molecule is COc1ccccc1CNC(C)c1cccc(O)c1. The Morgan fingerprint density at radius 1 is 1.16 bits per heavy atom. The van der Waals surface area contributed by atoms with Gasteiger partial charge in [-0.1, -0.05) is 30.3 Å². The van der Waals surface area contributed by atoms with Crippen molar-refractivity contribution in [3.8, 4) is 11.5 Å². The Morgan fingerprint density at radius 3 is 2.68 bits per heavy atom. The smallest absolute Gasteiger partial charge is 0.123 e. The second-order valence-electron chi connectivity index (χ2n) is 4.51. The molecule has 0 saturated heterocycles. The molecule has 0 spiro atoms. The Bertz CT molecular complexity index is 540. The van der Waals surface area contributed by atoms with Crippen LogP contribution in [-0.4, -0.2) is 12.2 Å². The Balaban J connectivity index is 2.02. The molecule has 0 amide bonds. The highest BCUT2D eigenvalue weighted by Gasteiger charge is 2.07. The molecule has 0 aromatic heterocycles. The number of phenolic OH excluding ortho intramolecular Hbond substituents is 1. The van der Waals surface area contributed by atoms with Gasteiger partial charge in [0, 0.05) is 18.2 Å². The number of phenols is 1. The van der Waals surface area contributed by atoms with Crippen molar-refractivity contribution in [2.24, 2.45) is 0 Å². The van der Waals surface area contributed by atoms with Crippen LogP contribution in [-0.2, 0) is 6.54 Å². The van der Waals surface area contributed by atoms with Crippen molar-refractivity contribution in [2.45, 2.75) is 19.5 Å². The van der Waals surface area contributed by atoms with Crippen LogP contribution in [0.5, 0.6) is 11.5 Å². The molecule has 2 N–H and O–H groups in total. The van der Waals surface area contributed by atoms with Gasteiger partial charge in [-0.2, -0.15) is 0 Å². The van der Waals surface area contributed by atoms with Crippen LogP contribution in [0.2, 0.25) is 0 Å². The summed E-state index contributed by atoms with van der Waals surface area (Å²) in [5.74, 6) is 1.18. The van der Waals surface area contributed by atoms with Gasteiger partial charge >= 0.3 is 0 Å². The van der Waals surface area contributed by atoms with Crippen molar-refractivity contribution in [1.29, 1.82) is 0 Å². The molecule has 2 aromatic rings. The van der Waals surface area contributed by atoms with E-state index in [0.717, 1.165) is 23.4 Å². The highest BCUT2D eigenvalue weighted by atomic mass is 16.5. The van der Waals surface area contributed by atoms with Gasteiger partial charge in [-0.05, 0) is 30.7 Å². The summed E-state index contributed by atoms with van der Waals surface area (Å²) in [6.45, 7) is 2.80. The van der Waals surface area contributed by atoms with E-state index in [1.54, 1.807) is 19.2 Å². The summed E-state index contributed by atoms with van der Waals surface area (Å²) in [7, 11) is 1.68. The molecular formula is C16H19NO2.